The van der Waals surface area contributed by atoms with Crippen LogP contribution in [0.4, 0.5) is 17.8 Å². The summed E-state index contributed by atoms with van der Waals surface area (Å²) < 4.78 is 0. The summed E-state index contributed by atoms with van der Waals surface area (Å²) in [5.74, 6) is 1.90. The normalized spacial score (nSPS) is 14.6. The van der Waals surface area contributed by atoms with Crippen LogP contribution >= 0.6 is 0 Å². The zero-order valence-corrected chi connectivity index (χ0v) is 9.75. The highest BCUT2D eigenvalue weighted by atomic mass is 15.3. The molecule has 0 spiro atoms. The predicted molar refractivity (Wildman–Crippen MR) is 64.8 cm³/mol. The first-order valence-electron chi connectivity index (χ1n) is 5.82. The lowest BCUT2D eigenvalue weighted by molar-refractivity contribution is 0.975. The van der Waals surface area contributed by atoms with Crippen molar-refractivity contribution in [1.82, 2.24) is 15.0 Å². The second kappa shape index (κ2) is 4.96. The molecule has 0 bridgehead atoms. The van der Waals surface area contributed by atoms with E-state index in [2.05, 4.69) is 30.9 Å². The fraction of sp³-hybridized carbons (Fsp3) is 0.700. The molecule has 6 heteroatoms. The molecule has 1 heterocycles. The van der Waals surface area contributed by atoms with Crippen molar-refractivity contribution < 1.29 is 0 Å². The van der Waals surface area contributed by atoms with E-state index in [4.69, 9.17) is 0 Å². The molecule has 2 rings (SSSR count). The van der Waals surface area contributed by atoms with Gasteiger partial charge in [0.25, 0.3) is 0 Å². The average molecular weight is 222 g/mol. The molecule has 1 fully saturated rings. The Kier molecular flexibility index (Phi) is 3.38. The Hall–Kier alpha value is -1.59. The van der Waals surface area contributed by atoms with Crippen LogP contribution in [-0.2, 0) is 0 Å². The quantitative estimate of drug-likeness (QED) is 0.674. The van der Waals surface area contributed by atoms with Gasteiger partial charge < -0.3 is 16.0 Å². The van der Waals surface area contributed by atoms with Crippen LogP contribution in [0, 0.1) is 0 Å². The van der Waals surface area contributed by atoms with Crippen LogP contribution in [0.15, 0.2) is 0 Å². The summed E-state index contributed by atoms with van der Waals surface area (Å²) in [5.41, 5.74) is 0. The van der Waals surface area contributed by atoms with Crippen molar-refractivity contribution in [1.29, 1.82) is 0 Å². The Bertz CT molecular complexity index is 325. The van der Waals surface area contributed by atoms with Gasteiger partial charge in [0.15, 0.2) is 0 Å². The fourth-order valence-electron chi connectivity index (χ4n) is 1.33. The summed E-state index contributed by atoms with van der Waals surface area (Å²) in [7, 11) is 0. The Morgan fingerprint density at radius 2 is 1.44 bits per heavy atom. The summed E-state index contributed by atoms with van der Waals surface area (Å²) in [6.07, 6.45) is 2.41. The summed E-state index contributed by atoms with van der Waals surface area (Å²) in [6.45, 7) is 5.65. The maximum absolute atomic E-state index is 4.30. The van der Waals surface area contributed by atoms with Crippen molar-refractivity contribution in [3.63, 3.8) is 0 Å². The Morgan fingerprint density at radius 3 is 1.88 bits per heavy atom. The van der Waals surface area contributed by atoms with Gasteiger partial charge in [0, 0.05) is 19.1 Å². The van der Waals surface area contributed by atoms with E-state index in [1.54, 1.807) is 0 Å². The molecule has 1 aromatic rings. The molecule has 0 unspecified atom stereocenters. The fourth-order valence-corrected chi connectivity index (χ4v) is 1.33. The van der Waals surface area contributed by atoms with Crippen LogP contribution in [0.2, 0.25) is 0 Å². The number of nitrogens with one attached hydrogen (secondary N) is 3. The van der Waals surface area contributed by atoms with Gasteiger partial charge in [-0.3, -0.25) is 0 Å². The van der Waals surface area contributed by atoms with Gasteiger partial charge in [0.2, 0.25) is 17.8 Å². The summed E-state index contributed by atoms with van der Waals surface area (Å²) in [5, 5.41) is 9.47. The maximum atomic E-state index is 4.30. The highest BCUT2D eigenvalue weighted by Gasteiger charge is 2.22. The van der Waals surface area contributed by atoms with E-state index >= 15 is 0 Å². The first kappa shape index (κ1) is 10.9. The predicted octanol–water partition coefficient (Wildman–Crippen LogP) is 1.31. The second-order valence-corrected chi connectivity index (χ2v) is 3.79. The molecule has 16 heavy (non-hydrogen) atoms. The van der Waals surface area contributed by atoms with E-state index in [0.717, 1.165) is 13.1 Å². The minimum absolute atomic E-state index is 0.548. The highest BCUT2D eigenvalue weighted by molar-refractivity contribution is 5.43. The molecule has 0 atom stereocenters. The smallest absolute Gasteiger partial charge is 0.229 e. The van der Waals surface area contributed by atoms with E-state index in [1.165, 1.54) is 12.8 Å². The minimum atomic E-state index is 0.548. The number of anilines is 3. The molecule has 6 nitrogen and oxygen atoms in total. The molecular weight excluding hydrogens is 204 g/mol. The number of aromatic nitrogens is 3. The van der Waals surface area contributed by atoms with E-state index in [0.29, 0.717) is 23.9 Å². The molecule has 0 aromatic carbocycles. The SMILES string of the molecule is CCNc1nc(NCC)nc(NC2CC2)n1. The largest absolute Gasteiger partial charge is 0.354 e. The molecule has 0 radical (unpaired) electrons. The molecule has 1 aromatic heterocycles. The number of hydrogen-bond donors (Lipinski definition) is 3. The first-order chi connectivity index (χ1) is 7.81. The van der Waals surface area contributed by atoms with E-state index < -0.39 is 0 Å². The average Bonchev–Trinajstić information content (AvgIpc) is 3.02. The van der Waals surface area contributed by atoms with Gasteiger partial charge in [-0.25, -0.2) is 0 Å². The van der Waals surface area contributed by atoms with E-state index in [1.807, 2.05) is 13.8 Å². The van der Waals surface area contributed by atoms with Crippen molar-refractivity contribution >= 4 is 17.8 Å². The van der Waals surface area contributed by atoms with Crippen LogP contribution < -0.4 is 16.0 Å². The number of rotatable bonds is 6. The standard InChI is InChI=1S/C10H18N6/c1-3-11-8-14-9(12-4-2)16-10(15-8)13-7-5-6-7/h7H,3-6H2,1-2H3,(H3,11,12,13,14,15,16). The number of hydrogen-bond acceptors (Lipinski definition) is 6. The van der Waals surface area contributed by atoms with Gasteiger partial charge in [-0.05, 0) is 26.7 Å². The lowest BCUT2D eigenvalue weighted by Crippen LogP contribution is -2.13. The molecule has 0 saturated heterocycles. The lowest BCUT2D eigenvalue weighted by Gasteiger charge is -2.08. The third-order valence-corrected chi connectivity index (χ3v) is 2.22. The van der Waals surface area contributed by atoms with Crippen molar-refractivity contribution in [3.05, 3.63) is 0 Å². The van der Waals surface area contributed by atoms with Crippen molar-refractivity contribution in [2.24, 2.45) is 0 Å². The monoisotopic (exact) mass is 222 g/mol. The van der Waals surface area contributed by atoms with Crippen molar-refractivity contribution in [2.75, 3.05) is 29.0 Å². The maximum Gasteiger partial charge on any atom is 0.229 e. The molecule has 0 aliphatic heterocycles. The molecule has 1 aliphatic carbocycles. The van der Waals surface area contributed by atoms with Crippen molar-refractivity contribution in [2.45, 2.75) is 32.7 Å². The zero-order chi connectivity index (χ0) is 11.4. The molecule has 88 valence electrons. The zero-order valence-electron chi connectivity index (χ0n) is 9.75. The Morgan fingerprint density at radius 1 is 0.938 bits per heavy atom. The van der Waals surface area contributed by atoms with Crippen LogP contribution in [0.5, 0.6) is 0 Å². The van der Waals surface area contributed by atoms with Gasteiger partial charge in [0.05, 0.1) is 0 Å². The third-order valence-electron chi connectivity index (χ3n) is 2.22. The molecule has 1 aliphatic rings. The van der Waals surface area contributed by atoms with Crippen LogP contribution in [0.25, 0.3) is 0 Å². The molecule has 3 N–H and O–H groups in total. The summed E-state index contributed by atoms with van der Waals surface area (Å²) in [6, 6.07) is 0.548. The Labute approximate surface area is 95.3 Å². The molecule has 1 saturated carbocycles. The van der Waals surface area contributed by atoms with Gasteiger partial charge in [0.1, 0.15) is 0 Å². The molecular formula is C10H18N6. The van der Waals surface area contributed by atoms with Crippen molar-refractivity contribution in [3.8, 4) is 0 Å². The van der Waals surface area contributed by atoms with Gasteiger partial charge in [-0.1, -0.05) is 0 Å². The van der Waals surface area contributed by atoms with E-state index in [9.17, 15) is 0 Å². The second-order valence-electron chi connectivity index (χ2n) is 3.79. The van der Waals surface area contributed by atoms with Gasteiger partial charge in [-0.2, -0.15) is 15.0 Å². The highest BCUT2D eigenvalue weighted by Crippen LogP contribution is 2.23. The minimum Gasteiger partial charge on any atom is -0.354 e. The first-order valence-corrected chi connectivity index (χ1v) is 5.82. The van der Waals surface area contributed by atoms with Crippen LogP contribution in [-0.4, -0.2) is 34.1 Å². The van der Waals surface area contributed by atoms with E-state index in [-0.39, 0.29) is 0 Å². The van der Waals surface area contributed by atoms with Gasteiger partial charge >= 0.3 is 0 Å². The van der Waals surface area contributed by atoms with Gasteiger partial charge in [-0.15, -0.1) is 0 Å². The third kappa shape index (κ3) is 2.95. The summed E-state index contributed by atoms with van der Waals surface area (Å²) >= 11 is 0. The summed E-state index contributed by atoms with van der Waals surface area (Å²) in [4.78, 5) is 12.9. The van der Waals surface area contributed by atoms with Crippen LogP contribution in [0.1, 0.15) is 26.7 Å². The number of nitrogens with zero attached hydrogens (tertiary/aromatic N) is 3. The Balaban J connectivity index is 2.13. The topological polar surface area (TPSA) is 74.8 Å². The lowest BCUT2D eigenvalue weighted by atomic mass is 10.6. The van der Waals surface area contributed by atoms with Crippen LogP contribution in [0.3, 0.4) is 0 Å². The molecule has 0 amide bonds.